The van der Waals surface area contributed by atoms with E-state index in [4.69, 9.17) is 22.1 Å². The number of carbonyl (C=O) groups excluding carboxylic acids is 3. The lowest BCUT2D eigenvalue weighted by Crippen LogP contribution is -2.36. The summed E-state index contributed by atoms with van der Waals surface area (Å²) >= 11 is 6.34. The van der Waals surface area contributed by atoms with Gasteiger partial charge >= 0.3 is 0 Å². The summed E-state index contributed by atoms with van der Waals surface area (Å²) in [5, 5.41) is 2.83. The van der Waals surface area contributed by atoms with Crippen LogP contribution < -0.4 is 11.1 Å². The quantitative estimate of drug-likeness (QED) is 0.754. The number of halogens is 1. The summed E-state index contributed by atoms with van der Waals surface area (Å²) in [5.74, 6) is -0.108. The van der Waals surface area contributed by atoms with Gasteiger partial charge in [0.15, 0.2) is 0 Å². The number of rotatable bonds is 6. The van der Waals surface area contributed by atoms with Crippen molar-refractivity contribution in [2.24, 2.45) is 5.73 Å². The zero-order valence-electron chi connectivity index (χ0n) is 14.5. The number of nitrogens with zero attached hydrogens (tertiary/aromatic N) is 1. The van der Waals surface area contributed by atoms with Gasteiger partial charge in [-0.3, -0.25) is 9.59 Å². The number of nitrogens with two attached hydrogens (primary N) is 1. The van der Waals surface area contributed by atoms with Gasteiger partial charge < -0.3 is 20.7 Å². The Balaban J connectivity index is 0.000000511. The standard InChI is InChI=1S/C16H19ClN2O2.C2H5NO/c1-2-3-11(9-20)19-8-13-12(15(19)21)6-10(7-14(13)17)16(18)4-5-16;1-3-2-4/h6-7,9,11H,2-5,8,18H2,1H3;2H,1H3,(H,3,4). The molecule has 3 rings (SSSR count). The Hall–Kier alpha value is -1.92. The van der Waals surface area contributed by atoms with Crippen LogP contribution in [-0.2, 0) is 21.7 Å². The molecule has 6 nitrogen and oxygen atoms in total. The van der Waals surface area contributed by atoms with Crippen molar-refractivity contribution in [2.75, 3.05) is 7.05 Å². The Labute approximate surface area is 152 Å². The van der Waals surface area contributed by atoms with Crippen LogP contribution in [0.1, 0.15) is 54.1 Å². The first-order valence-electron chi connectivity index (χ1n) is 8.40. The van der Waals surface area contributed by atoms with Crippen LogP contribution in [0.5, 0.6) is 0 Å². The van der Waals surface area contributed by atoms with Gasteiger partial charge in [-0.25, -0.2) is 0 Å². The first-order chi connectivity index (χ1) is 11.9. The van der Waals surface area contributed by atoms with Crippen molar-refractivity contribution in [3.05, 3.63) is 33.8 Å². The Morgan fingerprint density at radius 2 is 2.04 bits per heavy atom. The molecule has 7 heteroatoms. The van der Waals surface area contributed by atoms with E-state index < -0.39 is 0 Å². The fraction of sp³-hybridized carbons (Fsp3) is 0.500. The van der Waals surface area contributed by atoms with Crippen molar-refractivity contribution in [3.63, 3.8) is 0 Å². The van der Waals surface area contributed by atoms with Crippen LogP contribution in [0.25, 0.3) is 0 Å². The summed E-state index contributed by atoms with van der Waals surface area (Å²) in [6, 6.07) is 3.37. The van der Waals surface area contributed by atoms with Gasteiger partial charge in [-0.05, 0) is 37.0 Å². The number of nitrogens with one attached hydrogen (secondary N) is 1. The molecule has 1 aromatic carbocycles. The van der Waals surface area contributed by atoms with E-state index in [1.54, 1.807) is 11.9 Å². The first kappa shape index (κ1) is 19.4. The molecule has 2 amide bonds. The molecule has 1 aliphatic heterocycles. The van der Waals surface area contributed by atoms with E-state index in [1.807, 2.05) is 19.1 Å². The lowest BCUT2D eigenvalue weighted by atomic mass is 10.00. The molecule has 3 N–H and O–H groups in total. The van der Waals surface area contributed by atoms with Gasteiger partial charge in [0.2, 0.25) is 6.41 Å². The van der Waals surface area contributed by atoms with Gasteiger partial charge in [-0.2, -0.15) is 0 Å². The molecular formula is C18H24ClN3O3. The van der Waals surface area contributed by atoms with E-state index in [1.165, 1.54) is 0 Å². The highest BCUT2D eigenvalue weighted by Crippen LogP contribution is 2.45. The van der Waals surface area contributed by atoms with Crippen molar-refractivity contribution in [3.8, 4) is 0 Å². The molecule has 25 heavy (non-hydrogen) atoms. The largest absolute Gasteiger partial charge is 0.362 e. The second-order valence-corrected chi connectivity index (χ2v) is 6.88. The summed E-state index contributed by atoms with van der Waals surface area (Å²) in [7, 11) is 1.56. The van der Waals surface area contributed by atoms with Crippen LogP contribution in [0, 0.1) is 0 Å². The molecule has 0 saturated heterocycles. The maximum atomic E-state index is 12.6. The van der Waals surface area contributed by atoms with Gasteiger partial charge in [0, 0.05) is 35.3 Å². The van der Waals surface area contributed by atoms with Crippen LogP contribution in [0.15, 0.2) is 12.1 Å². The van der Waals surface area contributed by atoms with Gasteiger partial charge in [0.1, 0.15) is 6.29 Å². The topological polar surface area (TPSA) is 92.5 Å². The van der Waals surface area contributed by atoms with Crippen LogP contribution in [-0.4, -0.2) is 36.6 Å². The van der Waals surface area contributed by atoms with E-state index in [0.717, 1.165) is 36.7 Å². The molecule has 0 bridgehead atoms. The van der Waals surface area contributed by atoms with Crippen LogP contribution in [0.4, 0.5) is 0 Å². The predicted molar refractivity (Wildman–Crippen MR) is 96.3 cm³/mol. The molecule has 1 aliphatic carbocycles. The van der Waals surface area contributed by atoms with Gasteiger partial charge in [-0.1, -0.05) is 24.9 Å². The Bertz CT molecular complexity index is 674. The summed E-state index contributed by atoms with van der Waals surface area (Å²) < 4.78 is 0. The van der Waals surface area contributed by atoms with Crippen LogP contribution in [0.3, 0.4) is 0 Å². The normalized spacial score (nSPS) is 17.9. The van der Waals surface area contributed by atoms with Gasteiger partial charge in [-0.15, -0.1) is 0 Å². The molecule has 0 aromatic heterocycles. The maximum absolute atomic E-state index is 12.6. The molecular weight excluding hydrogens is 342 g/mol. The number of benzene rings is 1. The molecule has 2 aliphatic rings. The number of hydrogen-bond acceptors (Lipinski definition) is 4. The zero-order chi connectivity index (χ0) is 18.6. The number of fused-ring (bicyclic) bond motifs is 1. The maximum Gasteiger partial charge on any atom is 0.255 e. The molecule has 1 unspecified atom stereocenters. The minimum Gasteiger partial charge on any atom is -0.362 e. The third-order valence-electron chi connectivity index (χ3n) is 4.64. The van der Waals surface area contributed by atoms with E-state index in [9.17, 15) is 9.59 Å². The second-order valence-electron chi connectivity index (χ2n) is 6.47. The smallest absolute Gasteiger partial charge is 0.255 e. The Kier molecular flexibility index (Phi) is 6.19. The predicted octanol–water partition coefficient (Wildman–Crippen LogP) is 1.97. The summed E-state index contributed by atoms with van der Waals surface area (Å²) in [6.45, 7) is 2.41. The third kappa shape index (κ3) is 4.02. The van der Waals surface area contributed by atoms with E-state index >= 15 is 0 Å². The second kappa shape index (κ2) is 7.97. The molecule has 1 heterocycles. The first-order valence-corrected chi connectivity index (χ1v) is 8.78. The molecule has 1 fully saturated rings. The van der Waals surface area contributed by atoms with Crippen molar-refractivity contribution in [2.45, 2.75) is 50.7 Å². The Morgan fingerprint density at radius 1 is 1.40 bits per heavy atom. The van der Waals surface area contributed by atoms with Crippen molar-refractivity contribution < 1.29 is 14.4 Å². The highest BCUT2D eigenvalue weighted by molar-refractivity contribution is 6.32. The fourth-order valence-corrected chi connectivity index (χ4v) is 3.24. The summed E-state index contributed by atoms with van der Waals surface area (Å²) in [5.41, 5.74) is 8.24. The number of carbonyl (C=O) groups is 3. The molecule has 1 aromatic rings. The molecule has 0 spiro atoms. The van der Waals surface area contributed by atoms with Crippen molar-refractivity contribution in [1.82, 2.24) is 10.2 Å². The van der Waals surface area contributed by atoms with Crippen molar-refractivity contribution >= 4 is 30.2 Å². The average molecular weight is 366 g/mol. The zero-order valence-corrected chi connectivity index (χ0v) is 15.3. The average Bonchev–Trinajstić information content (AvgIpc) is 3.28. The summed E-state index contributed by atoms with van der Waals surface area (Å²) in [4.78, 5) is 34.5. The highest BCUT2D eigenvalue weighted by Gasteiger charge is 2.42. The number of aldehydes is 1. The number of hydrogen-bond donors (Lipinski definition) is 2. The Morgan fingerprint density at radius 3 is 2.52 bits per heavy atom. The fourth-order valence-electron chi connectivity index (χ4n) is 2.96. The van der Waals surface area contributed by atoms with E-state index in [2.05, 4.69) is 5.32 Å². The number of amides is 2. The lowest BCUT2D eigenvalue weighted by molar-refractivity contribution is -0.112. The van der Waals surface area contributed by atoms with Crippen molar-refractivity contribution in [1.29, 1.82) is 0 Å². The van der Waals surface area contributed by atoms with Crippen LogP contribution >= 0.6 is 11.6 Å². The van der Waals surface area contributed by atoms with Crippen LogP contribution in [0.2, 0.25) is 5.02 Å². The molecule has 1 saturated carbocycles. The minimum absolute atomic E-state index is 0.108. The third-order valence-corrected chi connectivity index (χ3v) is 4.98. The van der Waals surface area contributed by atoms with Gasteiger partial charge in [0.05, 0.1) is 6.04 Å². The molecule has 1 atom stereocenters. The highest BCUT2D eigenvalue weighted by atomic mass is 35.5. The van der Waals surface area contributed by atoms with E-state index in [0.29, 0.717) is 30.0 Å². The minimum atomic E-state index is -0.373. The lowest BCUT2D eigenvalue weighted by Gasteiger charge is -2.22. The monoisotopic (exact) mass is 365 g/mol. The SMILES string of the molecule is CCCC(C=O)N1Cc2c(Cl)cc(C3(N)CC3)cc2C1=O.CNC=O. The van der Waals surface area contributed by atoms with Gasteiger partial charge in [0.25, 0.3) is 5.91 Å². The molecule has 0 radical (unpaired) electrons. The molecule has 136 valence electrons. The van der Waals surface area contributed by atoms with E-state index in [-0.39, 0.29) is 17.5 Å². The summed E-state index contributed by atoms with van der Waals surface area (Å²) in [6.07, 6.45) is 4.86.